The van der Waals surface area contributed by atoms with Crippen LogP contribution in [0.15, 0.2) is 35.1 Å². The van der Waals surface area contributed by atoms with Crippen LogP contribution in [0.4, 0.5) is 0 Å². The van der Waals surface area contributed by atoms with Crippen LogP contribution < -0.4 is 0 Å². The molecule has 0 N–H and O–H groups in total. The molecule has 2 aromatic rings. The summed E-state index contributed by atoms with van der Waals surface area (Å²) in [6, 6.07) is 6.01. The van der Waals surface area contributed by atoms with Gasteiger partial charge in [0.1, 0.15) is 5.76 Å². The lowest BCUT2D eigenvalue weighted by Crippen LogP contribution is -2.51. The van der Waals surface area contributed by atoms with Crippen molar-refractivity contribution >= 4 is 0 Å². The molecule has 0 spiro atoms. The van der Waals surface area contributed by atoms with E-state index >= 15 is 0 Å². The van der Waals surface area contributed by atoms with E-state index in [0.717, 1.165) is 62.7 Å². The average Bonchev–Trinajstić information content (AvgIpc) is 3.22. The molecule has 0 saturated carbocycles. The van der Waals surface area contributed by atoms with Crippen molar-refractivity contribution in [3.8, 4) is 0 Å². The summed E-state index contributed by atoms with van der Waals surface area (Å²) in [4.78, 5) is 6.60. The smallest absolute Gasteiger partial charge is 0.133 e. The number of piperidine rings is 1. The van der Waals surface area contributed by atoms with E-state index in [0.29, 0.717) is 12.7 Å². The zero-order chi connectivity index (χ0) is 17.1. The predicted octanol–water partition coefficient (Wildman–Crippen LogP) is 2.58. The van der Waals surface area contributed by atoms with Crippen LogP contribution >= 0.6 is 0 Å². The van der Waals surface area contributed by atoms with Gasteiger partial charge in [-0.25, -0.2) is 0 Å². The van der Waals surface area contributed by atoms with Crippen LogP contribution in [-0.2, 0) is 22.6 Å². The van der Waals surface area contributed by atoms with Crippen LogP contribution in [-0.4, -0.2) is 47.4 Å². The van der Waals surface area contributed by atoms with Crippen molar-refractivity contribution in [3.63, 3.8) is 0 Å². The summed E-state index contributed by atoms with van der Waals surface area (Å²) >= 11 is 0. The van der Waals surface area contributed by atoms with Crippen molar-refractivity contribution in [3.05, 3.63) is 47.6 Å². The van der Waals surface area contributed by atoms with E-state index < -0.39 is 0 Å². The van der Waals surface area contributed by atoms with Gasteiger partial charge < -0.3 is 14.0 Å². The van der Waals surface area contributed by atoms with Crippen LogP contribution in [0.5, 0.6) is 0 Å². The van der Waals surface area contributed by atoms with Gasteiger partial charge in [-0.2, -0.15) is 0 Å². The number of ether oxygens (including phenoxy) is 2. The predicted molar refractivity (Wildman–Crippen MR) is 91.8 cm³/mol. The van der Waals surface area contributed by atoms with Crippen LogP contribution in [0.1, 0.15) is 29.9 Å². The van der Waals surface area contributed by atoms with E-state index in [4.69, 9.17) is 14.0 Å². The fourth-order valence-electron chi connectivity index (χ4n) is 4.06. The molecule has 2 atom stereocenters. The molecule has 0 radical (unpaired) electrons. The minimum absolute atomic E-state index is 0.0826. The van der Waals surface area contributed by atoms with Gasteiger partial charge in [-0.3, -0.25) is 9.88 Å². The van der Waals surface area contributed by atoms with E-state index in [-0.39, 0.29) is 5.41 Å². The van der Waals surface area contributed by atoms with Gasteiger partial charge in [0.25, 0.3) is 0 Å². The molecule has 25 heavy (non-hydrogen) atoms. The normalized spacial score (nSPS) is 26.7. The monoisotopic (exact) mass is 343 g/mol. The Hall–Kier alpha value is -1.76. The molecule has 0 unspecified atom stereocenters. The van der Waals surface area contributed by atoms with Crippen molar-refractivity contribution in [1.82, 2.24) is 15.0 Å². The minimum atomic E-state index is 0.0826. The molecule has 134 valence electrons. The summed E-state index contributed by atoms with van der Waals surface area (Å²) in [6.07, 6.45) is 6.05. The van der Waals surface area contributed by atoms with Gasteiger partial charge >= 0.3 is 0 Å². The Kier molecular flexibility index (Phi) is 4.83. The molecule has 6 nitrogen and oxygen atoms in total. The first kappa shape index (κ1) is 16.7. The molecular formula is C19H25N3O3. The SMILES string of the molecule is Cc1cc(CN2CC[C@@H]3OCC[C@]3(COCc3cccnc3)C2)no1. The number of pyridine rings is 1. The Balaban J connectivity index is 1.38. The molecule has 0 aliphatic carbocycles. The van der Waals surface area contributed by atoms with E-state index in [2.05, 4.69) is 15.0 Å². The Labute approximate surface area is 148 Å². The lowest BCUT2D eigenvalue weighted by Gasteiger charge is -2.43. The number of aryl methyl sites for hydroxylation is 1. The highest BCUT2D eigenvalue weighted by atomic mass is 16.5. The molecule has 6 heteroatoms. The number of rotatable bonds is 6. The first-order chi connectivity index (χ1) is 12.2. The quantitative estimate of drug-likeness (QED) is 0.803. The highest BCUT2D eigenvalue weighted by Gasteiger charge is 2.48. The first-order valence-electron chi connectivity index (χ1n) is 8.96. The highest BCUT2D eigenvalue weighted by Crippen LogP contribution is 2.41. The molecule has 0 bridgehead atoms. The topological polar surface area (TPSA) is 60.6 Å². The number of hydrogen-bond acceptors (Lipinski definition) is 6. The molecule has 2 aliphatic rings. The maximum atomic E-state index is 6.09. The summed E-state index contributed by atoms with van der Waals surface area (Å²) in [6.45, 7) is 6.93. The summed E-state index contributed by atoms with van der Waals surface area (Å²) < 4.78 is 17.3. The standard InChI is InChI=1S/C19H25N3O3/c1-15-9-17(21-25-15)11-22-7-4-18-19(13-22,5-8-24-18)14-23-12-16-3-2-6-20-10-16/h2-3,6,9-10,18H,4-5,7-8,11-14H2,1H3/t18-,19+/m0/s1. The Bertz CT molecular complexity index is 690. The van der Waals surface area contributed by atoms with Gasteiger partial charge in [-0.1, -0.05) is 11.2 Å². The molecule has 0 amide bonds. The number of nitrogens with zero attached hydrogens (tertiary/aromatic N) is 3. The third-order valence-electron chi connectivity index (χ3n) is 5.29. The molecule has 2 fully saturated rings. The highest BCUT2D eigenvalue weighted by molar-refractivity contribution is 5.07. The lowest BCUT2D eigenvalue weighted by atomic mass is 9.77. The average molecular weight is 343 g/mol. The van der Waals surface area contributed by atoms with Gasteiger partial charge in [0.05, 0.1) is 25.0 Å². The minimum Gasteiger partial charge on any atom is -0.377 e. The molecule has 0 aromatic carbocycles. The fourth-order valence-corrected chi connectivity index (χ4v) is 4.06. The summed E-state index contributed by atoms with van der Waals surface area (Å²) in [5.74, 6) is 0.864. The molecule has 4 rings (SSSR count). The zero-order valence-electron chi connectivity index (χ0n) is 14.7. The van der Waals surface area contributed by atoms with Gasteiger partial charge in [0.2, 0.25) is 0 Å². The third kappa shape index (κ3) is 3.76. The maximum absolute atomic E-state index is 6.09. The number of fused-ring (bicyclic) bond motifs is 1. The number of aromatic nitrogens is 2. The lowest BCUT2D eigenvalue weighted by molar-refractivity contribution is -0.0689. The second-order valence-corrected chi connectivity index (χ2v) is 7.25. The Morgan fingerprint density at radius 1 is 1.44 bits per heavy atom. The van der Waals surface area contributed by atoms with Gasteiger partial charge in [-0.15, -0.1) is 0 Å². The van der Waals surface area contributed by atoms with Crippen molar-refractivity contribution in [2.24, 2.45) is 5.41 Å². The van der Waals surface area contributed by atoms with Crippen molar-refractivity contribution in [2.45, 2.75) is 39.0 Å². The second-order valence-electron chi connectivity index (χ2n) is 7.25. The van der Waals surface area contributed by atoms with Crippen molar-refractivity contribution in [1.29, 1.82) is 0 Å². The molecule has 2 aromatic heterocycles. The van der Waals surface area contributed by atoms with Crippen molar-refractivity contribution in [2.75, 3.05) is 26.3 Å². The van der Waals surface area contributed by atoms with E-state index in [1.807, 2.05) is 31.3 Å². The third-order valence-corrected chi connectivity index (χ3v) is 5.29. The van der Waals surface area contributed by atoms with Crippen LogP contribution in [0.3, 0.4) is 0 Å². The molecular weight excluding hydrogens is 318 g/mol. The van der Waals surface area contributed by atoms with E-state index in [1.54, 1.807) is 6.20 Å². The summed E-state index contributed by atoms with van der Waals surface area (Å²) in [5, 5.41) is 4.13. The molecule has 2 saturated heterocycles. The number of hydrogen-bond donors (Lipinski definition) is 0. The van der Waals surface area contributed by atoms with E-state index in [1.165, 1.54) is 0 Å². The van der Waals surface area contributed by atoms with Gasteiger partial charge in [0.15, 0.2) is 0 Å². The second kappa shape index (κ2) is 7.23. The Morgan fingerprint density at radius 3 is 3.20 bits per heavy atom. The Morgan fingerprint density at radius 2 is 2.40 bits per heavy atom. The van der Waals surface area contributed by atoms with Crippen LogP contribution in [0.2, 0.25) is 0 Å². The maximum Gasteiger partial charge on any atom is 0.133 e. The van der Waals surface area contributed by atoms with Crippen LogP contribution in [0.25, 0.3) is 0 Å². The summed E-state index contributed by atoms with van der Waals surface area (Å²) in [5.41, 5.74) is 2.19. The van der Waals surface area contributed by atoms with Gasteiger partial charge in [0, 0.05) is 50.1 Å². The van der Waals surface area contributed by atoms with Crippen molar-refractivity contribution < 1.29 is 14.0 Å². The molecule has 2 aliphatic heterocycles. The van der Waals surface area contributed by atoms with Gasteiger partial charge in [-0.05, 0) is 31.4 Å². The van der Waals surface area contributed by atoms with Crippen LogP contribution in [0, 0.1) is 12.3 Å². The largest absolute Gasteiger partial charge is 0.377 e. The van der Waals surface area contributed by atoms with E-state index in [9.17, 15) is 0 Å². The summed E-state index contributed by atoms with van der Waals surface area (Å²) in [7, 11) is 0. The number of likely N-dealkylation sites (tertiary alicyclic amines) is 1. The zero-order valence-corrected chi connectivity index (χ0v) is 14.7. The fraction of sp³-hybridized carbons (Fsp3) is 0.579. The molecule has 4 heterocycles. The first-order valence-corrected chi connectivity index (χ1v) is 8.96.